The topological polar surface area (TPSA) is 85.7 Å². The van der Waals surface area contributed by atoms with Gasteiger partial charge in [0, 0.05) is 23.9 Å². The highest BCUT2D eigenvalue weighted by atomic mass is 32.1. The molecule has 120 valence electrons. The molecule has 0 spiro atoms. The molecule has 0 saturated heterocycles. The first-order chi connectivity index (χ1) is 11.0. The summed E-state index contributed by atoms with van der Waals surface area (Å²) >= 11 is 5.23. The average Bonchev–Trinajstić information content (AvgIpc) is 2.54. The third-order valence-electron chi connectivity index (χ3n) is 2.97. The Hall–Kier alpha value is -2.87. The Morgan fingerprint density at radius 3 is 2.57 bits per heavy atom. The van der Waals surface area contributed by atoms with E-state index in [2.05, 4.69) is 10.6 Å². The first-order valence-electron chi connectivity index (χ1n) is 6.58. The van der Waals surface area contributed by atoms with Crippen molar-refractivity contribution < 1.29 is 14.4 Å². The van der Waals surface area contributed by atoms with Crippen molar-refractivity contribution in [1.82, 2.24) is 0 Å². The largest absolute Gasteiger partial charge is 0.497 e. The Balaban J connectivity index is 2.15. The summed E-state index contributed by atoms with van der Waals surface area (Å²) < 4.78 is 10.3. The molecular formula is C15H15N3O4S. The van der Waals surface area contributed by atoms with Crippen molar-refractivity contribution in [1.29, 1.82) is 0 Å². The van der Waals surface area contributed by atoms with E-state index in [9.17, 15) is 10.1 Å². The number of thiocarbonyl (C=S) groups is 1. The van der Waals surface area contributed by atoms with Gasteiger partial charge in [-0.25, -0.2) is 0 Å². The minimum atomic E-state index is -0.483. The molecule has 0 bridgehead atoms. The molecule has 0 aromatic heterocycles. The molecule has 0 fully saturated rings. The van der Waals surface area contributed by atoms with Gasteiger partial charge in [0.1, 0.15) is 11.5 Å². The molecule has 0 unspecified atom stereocenters. The molecule has 2 N–H and O–H groups in total. The molecule has 0 aliphatic rings. The number of hydrogen-bond acceptors (Lipinski definition) is 5. The number of nitrogens with zero attached hydrogens (tertiary/aromatic N) is 1. The van der Waals surface area contributed by atoms with Crippen LogP contribution in [0.25, 0.3) is 0 Å². The highest BCUT2D eigenvalue weighted by Gasteiger charge is 2.12. The van der Waals surface area contributed by atoms with Crippen molar-refractivity contribution in [2.75, 3.05) is 24.9 Å². The lowest BCUT2D eigenvalue weighted by Crippen LogP contribution is -2.19. The molecule has 0 amide bonds. The van der Waals surface area contributed by atoms with Crippen LogP contribution in [0.4, 0.5) is 17.1 Å². The average molecular weight is 333 g/mol. The monoisotopic (exact) mass is 333 g/mol. The summed E-state index contributed by atoms with van der Waals surface area (Å²) in [7, 11) is 3.05. The number of benzene rings is 2. The van der Waals surface area contributed by atoms with Gasteiger partial charge in [0.05, 0.1) is 24.8 Å². The minimum absolute atomic E-state index is 0.0579. The fraction of sp³-hybridized carbons (Fsp3) is 0.133. The van der Waals surface area contributed by atoms with Crippen LogP contribution in [0.15, 0.2) is 42.5 Å². The highest BCUT2D eigenvalue weighted by molar-refractivity contribution is 7.80. The minimum Gasteiger partial charge on any atom is -0.497 e. The van der Waals surface area contributed by atoms with Crippen LogP contribution in [0.3, 0.4) is 0 Å². The van der Waals surface area contributed by atoms with Gasteiger partial charge in [-0.2, -0.15) is 0 Å². The van der Waals surface area contributed by atoms with Crippen LogP contribution in [0, 0.1) is 10.1 Å². The van der Waals surface area contributed by atoms with Crippen molar-refractivity contribution in [3.8, 4) is 11.5 Å². The van der Waals surface area contributed by atoms with Crippen LogP contribution >= 0.6 is 12.2 Å². The number of nitro groups is 1. The van der Waals surface area contributed by atoms with Crippen molar-refractivity contribution in [3.63, 3.8) is 0 Å². The van der Waals surface area contributed by atoms with Crippen molar-refractivity contribution in [2.45, 2.75) is 0 Å². The predicted octanol–water partition coefficient (Wildman–Crippen LogP) is 3.42. The third kappa shape index (κ3) is 4.30. The first-order valence-corrected chi connectivity index (χ1v) is 6.99. The zero-order valence-corrected chi connectivity index (χ0v) is 13.3. The fourth-order valence-corrected chi connectivity index (χ4v) is 2.12. The summed E-state index contributed by atoms with van der Waals surface area (Å²) in [6.07, 6.45) is 0. The van der Waals surface area contributed by atoms with Gasteiger partial charge in [0.2, 0.25) is 0 Å². The molecule has 2 aromatic rings. The van der Waals surface area contributed by atoms with E-state index < -0.39 is 4.92 Å². The smallest absolute Gasteiger partial charge is 0.271 e. The summed E-state index contributed by atoms with van der Waals surface area (Å²) in [5.74, 6) is 1.14. The Bertz CT molecular complexity index is 736. The second kappa shape index (κ2) is 7.41. The maximum atomic E-state index is 10.9. The first kappa shape index (κ1) is 16.5. The van der Waals surface area contributed by atoms with E-state index in [0.29, 0.717) is 17.2 Å². The van der Waals surface area contributed by atoms with E-state index in [1.807, 2.05) is 18.2 Å². The summed E-state index contributed by atoms with van der Waals surface area (Å²) in [5, 5.41) is 17.0. The highest BCUT2D eigenvalue weighted by Crippen LogP contribution is 2.29. The maximum Gasteiger partial charge on any atom is 0.271 e. The molecular weight excluding hydrogens is 318 g/mol. The number of nitrogens with one attached hydrogen (secondary N) is 2. The van der Waals surface area contributed by atoms with Crippen molar-refractivity contribution in [3.05, 3.63) is 52.6 Å². The molecule has 0 heterocycles. The zero-order chi connectivity index (χ0) is 16.8. The summed E-state index contributed by atoms with van der Waals surface area (Å²) in [6.45, 7) is 0. The van der Waals surface area contributed by atoms with Gasteiger partial charge in [-0.3, -0.25) is 10.1 Å². The van der Waals surface area contributed by atoms with E-state index in [-0.39, 0.29) is 10.8 Å². The summed E-state index contributed by atoms with van der Waals surface area (Å²) in [6, 6.07) is 11.5. The molecule has 0 saturated carbocycles. The molecule has 8 heteroatoms. The molecule has 0 aliphatic heterocycles. The fourth-order valence-electron chi connectivity index (χ4n) is 1.89. The molecule has 0 atom stereocenters. The number of ether oxygens (including phenoxy) is 2. The normalized spacial score (nSPS) is 9.83. The van der Waals surface area contributed by atoms with E-state index >= 15 is 0 Å². The second-order valence-electron chi connectivity index (χ2n) is 4.45. The van der Waals surface area contributed by atoms with Crippen LogP contribution in [0.1, 0.15) is 0 Å². The number of non-ortho nitro benzene ring substituents is 1. The number of hydrogen-bond donors (Lipinski definition) is 2. The second-order valence-corrected chi connectivity index (χ2v) is 4.86. The van der Waals surface area contributed by atoms with E-state index in [1.165, 1.54) is 25.3 Å². The van der Waals surface area contributed by atoms with E-state index in [0.717, 1.165) is 5.69 Å². The number of rotatable bonds is 5. The van der Waals surface area contributed by atoms with Gasteiger partial charge < -0.3 is 20.1 Å². The van der Waals surface area contributed by atoms with Crippen molar-refractivity contribution >= 4 is 34.4 Å². The summed E-state index contributed by atoms with van der Waals surface area (Å²) in [4.78, 5) is 10.4. The Kier molecular flexibility index (Phi) is 5.32. The number of anilines is 2. The van der Waals surface area contributed by atoms with Crippen LogP contribution < -0.4 is 20.1 Å². The Morgan fingerprint density at radius 2 is 1.91 bits per heavy atom. The predicted molar refractivity (Wildman–Crippen MR) is 92.5 cm³/mol. The Morgan fingerprint density at radius 1 is 1.13 bits per heavy atom. The van der Waals surface area contributed by atoms with Gasteiger partial charge in [0.25, 0.3) is 5.69 Å². The molecule has 7 nitrogen and oxygen atoms in total. The zero-order valence-electron chi connectivity index (χ0n) is 12.5. The molecule has 0 aliphatic carbocycles. The van der Waals surface area contributed by atoms with Gasteiger partial charge in [-0.15, -0.1) is 0 Å². The van der Waals surface area contributed by atoms with Gasteiger partial charge in [-0.05, 0) is 30.4 Å². The van der Waals surface area contributed by atoms with Crippen LogP contribution in [-0.2, 0) is 0 Å². The van der Waals surface area contributed by atoms with Gasteiger partial charge in [0.15, 0.2) is 5.11 Å². The van der Waals surface area contributed by atoms with Crippen LogP contribution in [0.2, 0.25) is 0 Å². The Labute approximate surface area is 138 Å². The van der Waals surface area contributed by atoms with E-state index in [1.54, 1.807) is 13.2 Å². The van der Waals surface area contributed by atoms with Gasteiger partial charge >= 0.3 is 0 Å². The van der Waals surface area contributed by atoms with E-state index in [4.69, 9.17) is 21.7 Å². The molecule has 2 aromatic carbocycles. The number of nitro benzene ring substituents is 1. The van der Waals surface area contributed by atoms with Crippen LogP contribution in [0.5, 0.6) is 11.5 Å². The third-order valence-corrected chi connectivity index (χ3v) is 3.17. The lowest BCUT2D eigenvalue weighted by Gasteiger charge is -2.13. The molecule has 0 radical (unpaired) electrons. The SMILES string of the molecule is COc1cccc(NC(=S)Nc2cc([N+](=O)[O-])ccc2OC)c1. The van der Waals surface area contributed by atoms with Crippen molar-refractivity contribution in [2.24, 2.45) is 0 Å². The van der Waals surface area contributed by atoms with Gasteiger partial charge in [-0.1, -0.05) is 6.07 Å². The summed E-state index contributed by atoms with van der Waals surface area (Å²) in [5.41, 5.74) is 1.07. The molecule has 23 heavy (non-hydrogen) atoms. The number of methoxy groups -OCH3 is 2. The van der Waals surface area contributed by atoms with Crippen LogP contribution in [-0.4, -0.2) is 24.3 Å². The lowest BCUT2D eigenvalue weighted by molar-refractivity contribution is -0.384. The standard InChI is InChI=1S/C15H15N3O4S/c1-21-12-5-3-4-10(8-12)16-15(23)17-13-9-11(18(19)20)6-7-14(13)22-2/h3-9H,1-2H3,(H2,16,17,23). The lowest BCUT2D eigenvalue weighted by atomic mass is 10.2. The maximum absolute atomic E-state index is 10.9. The molecule has 2 rings (SSSR count). The quantitative estimate of drug-likeness (QED) is 0.492.